The van der Waals surface area contributed by atoms with Crippen molar-refractivity contribution in [2.24, 2.45) is 5.92 Å². The van der Waals surface area contributed by atoms with Crippen LogP contribution in [0.25, 0.3) is 0 Å². The summed E-state index contributed by atoms with van der Waals surface area (Å²) >= 11 is 0. The third-order valence-electron chi connectivity index (χ3n) is 6.12. The maximum absolute atomic E-state index is 12.6. The molecule has 0 N–H and O–H groups in total. The molecule has 1 saturated carbocycles. The zero-order valence-corrected chi connectivity index (χ0v) is 15.2. The fraction of sp³-hybridized carbons (Fsp3) is 0.895. The van der Waals surface area contributed by atoms with E-state index < -0.39 is 0 Å². The third kappa shape index (κ3) is 4.29. The largest absolute Gasteiger partial charge is 0.340 e. The molecule has 5 nitrogen and oxygen atoms in total. The summed E-state index contributed by atoms with van der Waals surface area (Å²) < 4.78 is 0. The van der Waals surface area contributed by atoms with Gasteiger partial charge in [0.2, 0.25) is 11.8 Å². The molecule has 1 atom stereocenters. The molecule has 2 amide bonds. The van der Waals surface area contributed by atoms with Crippen molar-refractivity contribution >= 4 is 11.8 Å². The average molecular weight is 335 g/mol. The Morgan fingerprint density at radius 1 is 0.833 bits per heavy atom. The Morgan fingerprint density at radius 3 is 2.17 bits per heavy atom. The molecule has 2 saturated heterocycles. The standard InChI is InChI=1S/C19H33N3O2/c1-16-7-5-6-10-22(16)18(23)15-20-11-13-21(14-12-20)19(24)17-8-3-2-4-9-17/h16-17H,2-15H2,1H3. The van der Waals surface area contributed by atoms with E-state index in [2.05, 4.69) is 16.7 Å². The van der Waals surface area contributed by atoms with Gasteiger partial charge in [0.25, 0.3) is 0 Å². The number of hydrogen-bond acceptors (Lipinski definition) is 3. The van der Waals surface area contributed by atoms with Gasteiger partial charge in [-0.3, -0.25) is 14.5 Å². The van der Waals surface area contributed by atoms with E-state index in [9.17, 15) is 9.59 Å². The molecule has 0 bridgehead atoms. The van der Waals surface area contributed by atoms with Crippen molar-refractivity contribution in [1.82, 2.24) is 14.7 Å². The second kappa shape index (κ2) is 8.32. The van der Waals surface area contributed by atoms with Crippen molar-refractivity contribution in [2.45, 2.75) is 64.3 Å². The fourth-order valence-corrected chi connectivity index (χ4v) is 4.48. The minimum atomic E-state index is 0.265. The molecular weight excluding hydrogens is 302 g/mol. The number of likely N-dealkylation sites (tertiary alicyclic amines) is 1. The summed E-state index contributed by atoms with van der Waals surface area (Å²) in [4.78, 5) is 31.5. The maximum atomic E-state index is 12.6. The minimum absolute atomic E-state index is 0.265. The lowest BCUT2D eigenvalue weighted by Crippen LogP contribution is -2.54. The summed E-state index contributed by atoms with van der Waals surface area (Å²) in [7, 11) is 0. The SMILES string of the molecule is CC1CCCCN1C(=O)CN1CCN(C(=O)C2CCCCC2)CC1. The van der Waals surface area contributed by atoms with Gasteiger partial charge < -0.3 is 9.80 Å². The summed E-state index contributed by atoms with van der Waals surface area (Å²) in [5, 5.41) is 0. The second-order valence-electron chi connectivity index (χ2n) is 7.87. The van der Waals surface area contributed by atoms with Crippen molar-refractivity contribution in [2.75, 3.05) is 39.3 Å². The highest BCUT2D eigenvalue weighted by Gasteiger charge is 2.30. The van der Waals surface area contributed by atoms with Crippen molar-refractivity contribution in [3.8, 4) is 0 Å². The van der Waals surface area contributed by atoms with Gasteiger partial charge >= 0.3 is 0 Å². The molecule has 1 aliphatic carbocycles. The lowest BCUT2D eigenvalue weighted by Gasteiger charge is -2.39. The Labute approximate surface area is 146 Å². The quantitative estimate of drug-likeness (QED) is 0.793. The van der Waals surface area contributed by atoms with E-state index in [1.54, 1.807) is 0 Å². The number of rotatable bonds is 3. The van der Waals surface area contributed by atoms with Gasteiger partial charge in [-0.15, -0.1) is 0 Å². The number of nitrogens with zero attached hydrogens (tertiary/aromatic N) is 3. The molecule has 3 fully saturated rings. The van der Waals surface area contributed by atoms with Gasteiger partial charge in [0.15, 0.2) is 0 Å². The number of piperazine rings is 1. The van der Waals surface area contributed by atoms with Crippen LogP contribution in [0.3, 0.4) is 0 Å². The predicted molar refractivity (Wildman–Crippen MR) is 94.6 cm³/mol. The number of carbonyl (C=O) groups is 2. The van der Waals surface area contributed by atoms with E-state index in [4.69, 9.17) is 0 Å². The van der Waals surface area contributed by atoms with Crippen LogP contribution in [0, 0.1) is 5.92 Å². The number of piperidine rings is 1. The third-order valence-corrected chi connectivity index (χ3v) is 6.12. The van der Waals surface area contributed by atoms with E-state index >= 15 is 0 Å². The van der Waals surface area contributed by atoms with Crippen LogP contribution in [0.5, 0.6) is 0 Å². The van der Waals surface area contributed by atoms with E-state index in [1.807, 2.05) is 4.90 Å². The summed E-state index contributed by atoms with van der Waals surface area (Å²) in [5.41, 5.74) is 0. The molecule has 0 spiro atoms. The monoisotopic (exact) mass is 335 g/mol. The van der Waals surface area contributed by atoms with Crippen LogP contribution in [0.1, 0.15) is 58.3 Å². The van der Waals surface area contributed by atoms with E-state index in [0.717, 1.165) is 58.4 Å². The molecule has 24 heavy (non-hydrogen) atoms. The van der Waals surface area contributed by atoms with E-state index in [0.29, 0.717) is 18.5 Å². The van der Waals surface area contributed by atoms with Gasteiger partial charge in [0.05, 0.1) is 6.54 Å². The van der Waals surface area contributed by atoms with Gasteiger partial charge in [-0.1, -0.05) is 19.3 Å². The summed E-state index contributed by atoms with van der Waals surface area (Å²) in [6, 6.07) is 0.389. The van der Waals surface area contributed by atoms with Crippen LogP contribution in [-0.4, -0.2) is 71.8 Å². The number of hydrogen-bond donors (Lipinski definition) is 0. The molecule has 2 heterocycles. The van der Waals surface area contributed by atoms with Crippen molar-refractivity contribution in [3.63, 3.8) is 0 Å². The second-order valence-corrected chi connectivity index (χ2v) is 7.87. The highest BCUT2D eigenvalue weighted by molar-refractivity contribution is 5.80. The molecule has 1 unspecified atom stereocenters. The van der Waals surface area contributed by atoms with Gasteiger partial charge in [0, 0.05) is 44.7 Å². The lowest BCUT2D eigenvalue weighted by atomic mass is 9.88. The molecular formula is C19H33N3O2. The Bertz CT molecular complexity index is 440. The van der Waals surface area contributed by atoms with E-state index in [-0.39, 0.29) is 11.8 Å². The molecule has 0 aromatic rings. The smallest absolute Gasteiger partial charge is 0.236 e. The summed E-state index contributed by atoms with van der Waals surface area (Å²) in [6.07, 6.45) is 9.36. The minimum Gasteiger partial charge on any atom is -0.340 e. The molecule has 2 aliphatic heterocycles. The van der Waals surface area contributed by atoms with E-state index in [1.165, 1.54) is 25.7 Å². The van der Waals surface area contributed by atoms with Gasteiger partial charge in [0.1, 0.15) is 0 Å². The number of amides is 2. The van der Waals surface area contributed by atoms with Gasteiger partial charge in [-0.25, -0.2) is 0 Å². The summed E-state index contributed by atoms with van der Waals surface area (Å²) in [5.74, 6) is 0.903. The predicted octanol–water partition coefficient (Wildman–Crippen LogP) is 2.11. The maximum Gasteiger partial charge on any atom is 0.236 e. The topological polar surface area (TPSA) is 43.9 Å². The summed E-state index contributed by atoms with van der Waals surface area (Å²) in [6.45, 7) is 6.86. The Balaban J connectivity index is 1.43. The Hall–Kier alpha value is -1.10. The van der Waals surface area contributed by atoms with Crippen molar-refractivity contribution in [1.29, 1.82) is 0 Å². The molecule has 136 valence electrons. The first-order chi connectivity index (χ1) is 11.6. The molecule has 0 radical (unpaired) electrons. The average Bonchev–Trinajstić information content (AvgIpc) is 2.63. The van der Waals surface area contributed by atoms with Crippen LogP contribution in [0.2, 0.25) is 0 Å². The fourth-order valence-electron chi connectivity index (χ4n) is 4.48. The van der Waals surface area contributed by atoms with Crippen LogP contribution in [-0.2, 0) is 9.59 Å². The first-order valence-corrected chi connectivity index (χ1v) is 9.96. The highest BCUT2D eigenvalue weighted by Crippen LogP contribution is 2.26. The highest BCUT2D eigenvalue weighted by atomic mass is 16.2. The zero-order valence-electron chi connectivity index (χ0n) is 15.2. The van der Waals surface area contributed by atoms with Crippen LogP contribution < -0.4 is 0 Å². The molecule has 3 aliphatic rings. The first kappa shape index (κ1) is 17.7. The van der Waals surface area contributed by atoms with Crippen molar-refractivity contribution in [3.05, 3.63) is 0 Å². The normalized spacial score (nSPS) is 27.3. The molecule has 0 aromatic carbocycles. The van der Waals surface area contributed by atoms with Crippen molar-refractivity contribution < 1.29 is 9.59 Å². The molecule has 3 rings (SSSR count). The van der Waals surface area contributed by atoms with Crippen LogP contribution >= 0.6 is 0 Å². The zero-order chi connectivity index (χ0) is 16.9. The van der Waals surface area contributed by atoms with Crippen LogP contribution in [0.4, 0.5) is 0 Å². The molecule has 0 aromatic heterocycles. The number of carbonyl (C=O) groups excluding carboxylic acids is 2. The van der Waals surface area contributed by atoms with Gasteiger partial charge in [-0.05, 0) is 39.0 Å². The first-order valence-electron chi connectivity index (χ1n) is 9.96. The van der Waals surface area contributed by atoms with Gasteiger partial charge in [-0.2, -0.15) is 0 Å². The Kier molecular flexibility index (Phi) is 6.14. The lowest BCUT2D eigenvalue weighted by molar-refractivity contribution is -0.139. The molecule has 5 heteroatoms. The van der Waals surface area contributed by atoms with Crippen LogP contribution in [0.15, 0.2) is 0 Å². The Morgan fingerprint density at radius 2 is 1.50 bits per heavy atom.